The van der Waals surface area contributed by atoms with Crippen molar-refractivity contribution in [2.45, 2.75) is 19.3 Å². The Morgan fingerprint density at radius 3 is 2.83 bits per heavy atom. The molecule has 18 heavy (non-hydrogen) atoms. The first-order valence-electron chi connectivity index (χ1n) is 6.34. The summed E-state index contributed by atoms with van der Waals surface area (Å²) in [5.74, 6) is 0.202. The Morgan fingerprint density at radius 1 is 1.33 bits per heavy atom. The standard InChI is InChI=1S/C15H16N2O/c16-10-15(6-2-7-15)14(18)13-4-1-3-11-9-17-8-5-12(11)13/h1,3-5,8-9H,2,6-7,10,16H2. The molecule has 1 saturated carbocycles. The van der Waals surface area contributed by atoms with Crippen molar-refractivity contribution in [3.05, 3.63) is 42.2 Å². The summed E-state index contributed by atoms with van der Waals surface area (Å²) >= 11 is 0. The average Bonchev–Trinajstić information content (AvgIpc) is 2.37. The number of nitrogens with two attached hydrogens (primary N) is 1. The number of hydrogen-bond acceptors (Lipinski definition) is 3. The number of pyridine rings is 1. The van der Waals surface area contributed by atoms with Gasteiger partial charge in [0.2, 0.25) is 0 Å². The predicted octanol–water partition coefficient (Wildman–Crippen LogP) is 2.55. The molecule has 92 valence electrons. The van der Waals surface area contributed by atoms with Gasteiger partial charge in [-0.3, -0.25) is 9.78 Å². The summed E-state index contributed by atoms with van der Waals surface area (Å²) in [6.07, 6.45) is 6.47. The van der Waals surface area contributed by atoms with Crippen LogP contribution in [0.3, 0.4) is 0 Å². The van der Waals surface area contributed by atoms with Crippen LogP contribution < -0.4 is 5.73 Å². The number of carbonyl (C=O) groups excluding carboxylic acids is 1. The predicted molar refractivity (Wildman–Crippen MR) is 71.4 cm³/mol. The summed E-state index contributed by atoms with van der Waals surface area (Å²) in [6, 6.07) is 7.71. The molecule has 1 aromatic heterocycles. The molecule has 1 fully saturated rings. The number of rotatable bonds is 3. The molecule has 2 N–H and O–H groups in total. The van der Waals surface area contributed by atoms with Crippen LogP contribution in [0.2, 0.25) is 0 Å². The number of Topliss-reactive ketones (excluding diaryl/α,β-unsaturated/α-hetero) is 1. The van der Waals surface area contributed by atoms with Crippen molar-refractivity contribution in [1.29, 1.82) is 0 Å². The summed E-state index contributed by atoms with van der Waals surface area (Å²) in [4.78, 5) is 16.8. The van der Waals surface area contributed by atoms with Gasteiger partial charge in [-0.1, -0.05) is 24.6 Å². The summed E-state index contributed by atoms with van der Waals surface area (Å²) in [5.41, 5.74) is 6.30. The molecular weight excluding hydrogens is 224 g/mol. The van der Waals surface area contributed by atoms with Crippen molar-refractivity contribution in [2.75, 3.05) is 6.54 Å². The highest BCUT2D eigenvalue weighted by molar-refractivity contribution is 6.11. The maximum Gasteiger partial charge on any atom is 0.170 e. The molecule has 0 unspecified atom stereocenters. The summed E-state index contributed by atoms with van der Waals surface area (Å²) in [6.45, 7) is 0.452. The highest BCUT2D eigenvalue weighted by Gasteiger charge is 2.43. The van der Waals surface area contributed by atoms with E-state index in [1.165, 1.54) is 0 Å². The molecule has 0 radical (unpaired) electrons. The number of aromatic nitrogens is 1. The van der Waals surface area contributed by atoms with Gasteiger partial charge < -0.3 is 5.73 Å². The molecule has 3 rings (SSSR count). The zero-order chi connectivity index (χ0) is 12.6. The third kappa shape index (κ3) is 1.55. The Morgan fingerprint density at radius 2 is 2.17 bits per heavy atom. The Bertz CT molecular complexity index is 591. The molecule has 0 amide bonds. The molecule has 3 nitrogen and oxygen atoms in total. The number of hydrogen-bond donors (Lipinski definition) is 1. The number of carbonyl (C=O) groups is 1. The molecule has 0 spiro atoms. The van der Waals surface area contributed by atoms with Gasteiger partial charge in [0.15, 0.2) is 5.78 Å². The Labute approximate surface area is 106 Å². The minimum Gasteiger partial charge on any atom is -0.329 e. The van der Waals surface area contributed by atoms with E-state index < -0.39 is 0 Å². The van der Waals surface area contributed by atoms with Gasteiger partial charge >= 0.3 is 0 Å². The van der Waals surface area contributed by atoms with Crippen LogP contribution in [0.15, 0.2) is 36.7 Å². The van der Waals surface area contributed by atoms with E-state index in [-0.39, 0.29) is 11.2 Å². The molecule has 2 aromatic rings. The average molecular weight is 240 g/mol. The van der Waals surface area contributed by atoms with Crippen LogP contribution in [0, 0.1) is 5.41 Å². The molecule has 0 atom stereocenters. The largest absolute Gasteiger partial charge is 0.329 e. The van der Waals surface area contributed by atoms with E-state index in [0.717, 1.165) is 35.6 Å². The van der Waals surface area contributed by atoms with Crippen molar-refractivity contribution < 1.29 is 4.79 Å². The second-order valence-electron chi connectivity index (χ2n) is 5.07. The molecule has 1 heterocycles. The Balaban J connectivity index is 2.12. The third-order valence-electron chi connectivity index (χ3n) is 4.11. The van der Waals surface area contributed by atoms with Crippen LogP contribution in [-0.4, -0.2) is 17.3 Å². The topological polar surface area (TPSA) is 56.0 Å². The normalized spacial score (nSPS) is 17.4. The van der Waals surface area contributed by atoms with E-state index in [1.807, 2.05) is 24.3 Å². The number of nitrogens with zero attached hydrogens (tertiary/aromatic N) is 1. The van der Waals surface area contributed by atoms with Crippen LogP contribution in [-0.2, 0) is 0 Å². The van der Waals surface area contributed by atoms with E-state index in [1.54, 1.807) is 12.4 Å². The summed E-state index contributed by atoms with van der Waals surface area (Å²) < 4.78 is 0. The monoisotopic (exact) mass is 240 g/mol. The fraction of sp³-hybridized carbons (Fsp3) is 0.333. The molecule has 1 aliphatic carbocycles. The fourth-order valence-corrected chi connectivity index (χ4v) is 2.73. The van der Waals surface area contributed by atoms with Crippen molar-refractivity contribution in [3.63, 3.8) is 0 Å². The highest BCUT2D eigenvalue weighted by atomic mass is 16.1. The summed E-state index contributed by atoms with van der Waals surface area (Å²) in [7, 11) is 0. The first-order chi connectivity index (χ1) is 8.77. The van der Waals surface area contributed by atoms with Crippen molar-refractivity contribution in [1.82, 2.24) is 4.98 Å². The van der Waals surface area contributed by atoms with Gasteiger partial charge in [-0.25, -0.2) is 0 Å². The minimum absolute atomic E-state index is 0.202. The number of ketones is 1. The molecule has 0 aliphatic heterocycles. The summed E-state index contributed by atoms with van der Waals surface area (Å²) in [5, 5.41) is 1.99. The SMILES string of the molecule is NCC1(C(=O)c2cccc3cnccc23)CCC1. The third-order valence-corrected chi connectivity index (χ3v) is 4.11. The van der Waals surface area contributed by atoms with Gasteiger partial charge in [0.1, 0.15) is 0 Å². The van der Waals surface area contributed by atoms with Gasteiger partial charge in [-0.2, -0.15) is 0 Å². The van der Waals surface area contributed by atoms with Crippen LogP contribution in [0.25, 0.3) is 10.8 Å². The van der Waals surface area contributed by atoms with Crippen molar-refractivity contribution in [2.24, 2.45) is 11.1 Å². The van der Waals surface area contributed by atoms with E-state index in [2.05, 4.69) is 4.98 Å². The lowest BCUT2D eigenvalue weighted by molar-refractivity contribution is 0.0638. The van der Waals surface area contributed by atoms with Crippen LogP contribution in [0.5, 0.6) is 0 Å². The maximum absolute atomic E-state index is 12.7. The van der Waals surface area contributed by atoms with Crippen LogP contribution in [0.4, 0.5) is 0 Å². The fourth-order valence-electron chi connectivity index (χ4n) is 2.73. The van der Waals surface area contributed by atoms with E-state index in [0.29, 0.717) is 6.54 Å². The minimum atomic E-state index is -0.308. The number of fused-ring (bicyclic) bond motifs is 1. The lowest BCUT2D eigenvalue weighted by Crippen LogP contribution is -2.44. The van der Waals surface area contributed by atoms with Gasteiger partial charge in [0, 0.05) is 35.3 Å². The molecule has 0 bridgehead atoms. The Hall–Kier alpha value is -1.74. The molecule has 1 aliphatic rings. The van der Waals surface area contributed by atoms with Crippen molar-refractivity contribution >= 4 is 16.6 Å². The van der Waals surface area contributed by atoms with Crippen LogP contribution >= 0.6 is 0 Å². The molecular formula is C15H16N2O. The number of benzene rings is 1. The highest BCUT2D eigenvalue weighted by Crippen LogP contribution is 2.43. The Kier molecular flexibility index (Phi) is 2.63. The van der Waals surface area contributed by atoms with Crippen LogP contribution in [0.1, 0.15) is 29.6 Å². The van der Waals surface area contributed by atoms with Gasteiger partial charge in [0.25, 0.3) is 0 Å². The van der Waals surface area contributed by atoms with E-state index in [4.69, 9.17) is 5.73 Å². The lowest BCUT2D eigenvalue weighted by atomic mass is 9.64. The molecule has 1 aromatic carbocycles. The van der Waals surface area contributed by atoms with E-state index in [9.17, 15) is 4.79 Å². The van der Waals surface area contributed by atoms with E-state index >= 15 is 0 Å². The van der Waals surface area contributed by atoms with Crippen molar-refractivity contribution in [3.8, 4) is 0 Å². The second-order valence-corrected chi connectivity index (χ2v) is 5.07. The lowest BCUT2D eigenvalue weighted by Gasteiger charge is -2.39. The smallest absolute Gasteiger partial charge is 0.170 e. The van der Waals surface area contributed by atoms with Gasteiger partial charge in [0.05, 0.1) is 0 Å². The van der Waals surface area contributed by atoms with Gasteiger partial charge in [-0.15, -0.1) is 0 Å². The zero-order valence-electron chi connectivity index (χ0n) is 10.2. The van der Waals surface area contributed by atoms with Gasteiger partial charge in [-0.05, 0) is 24.3 Å². The first-order valence-corrected chi connectivity index (χ1v) is 6.34. The molecule has 0 saturated heterocycles. The maximum atomic E-state index is 12.7. The second kappa shape index (κ2) is 4.18. The molecule has 3 heteroatoms. The first kappa shape index (κ1) is 11.4. The zero-order valence-corrected chi connectivity index (χ0v) is 10.2. The quantitative estimate of drug-likeness (QED) is 0.839.